The van der Waals surface area contributed by atoms with E-state index in [-0.39, 0.29) is 34.4 Å². The lowest BCUT2D eigenvalue weighted by molar-refractivity contribution is -0.116. The van der Waals surface area contributed by atoms with Crippen LogP contribution in [0.2, 0.25) is 0 Å². The van der Waals surface area contributed by atoms with E-state index >= 15 is 0 Å². The van der Waals surface area contributed by atoms with Gasteiger partial charge in [-0.15, -0.1) is 10.2 Å². The molecule has 0 radical (unpaired) electrons. The fourth-order valence-corrected chi connectivity index (χ4v) is 6.38. The Morgan fingerprint density at radius 2 is 2.00 bits per heavy atom. The van der Waals surface area contributed by atoms with Gasteiger partial charge in [-0.1, -0.05) is 41.3 Å². The zero-order valence-electron chi connectivity index (χ0n) is 20.8. The summed E-state index contributed by atoms with van der Waals surface area (Å²) in [5, 5.41) is 30.6. The number of ketones is 1. The van der Waals surface area contributed by atoms with E-state index in [2.05, 4.69) is 21.6 Å². The zero-order chi connectivity index (χ0) is 28.4. The molecule has 1 aromatic heterocycles. The number of aromatic carboxylic acids is 1. The number of halogens is 1. The van der Waals surface area contributed by atoms with Crippen molar-refractivity contribution < 1.29 is 23.9 Å². The maximum atomic E-state index is 13.6. The van der Waals surface area contributed by atoms with Gasteiger partial charge in [0.05, 0.1) is 28.9 Å². The van der Waals surface area contributed by atoms with Gasteiger partial charge < -0.3 is 16.2 Å². The number of aromatic nitrogens is 2. The predicted octanol–water partition coefficient (Wildman–Crippen LogP) is 4.41. The lowest BCUT2D eigenvalue weighted by atomic mass is 9.76. The summed E-state index contributed by atoms with van der Waals surface area (Å²) in [6.45, 7) is 0. The number of amides is 1. The first-order valence-electron chi connectivity index (χ1n) is 12.1. The van der Waals surface area contributed by atoms with Crippen LogP contribution >= 0.6 is 23.1 Å². The van der Waals surface area contributed by atoms with Crippen LogP contribution in [0, 0.1) is 17.1 Å². The molecule has 0 saturated heterocycles. The Hall–Kier alpha value is -4.54. The van der Waals surface area contributed by atoms with Gasteiger partial charge >= 0.3 is 5.97 Å². The van der Waals surface area contributed by atoms with Gasteiger partial charge in [-0.3, -0.25) is 14.5 Å². The molecule has 10 nitrogen and oxygen atoms in total. The summed E-state index contributed by atoms with van der Waals surface area (Å²) in [5.41, 5.74) is 8.75. The molecule has 4 N–H and O–H groups in total. The molecule has 1 atom stereocenters. The van der Waals surface area contributed by atoms with E-state index in [9.17, 15) is 24.0 Å². The number of allylic oxidation sites excluding steroid dienone is 3. The number of nitrogens with two attached hydrogens (primary N) is 1. The molecule has 3 aromatic rings. The van der Waals surface area contributed by atoms with Gasteiger partial charge in [-0.05, 0) is 48.7 Å². The van der Waals surface area contributed by atoms with Gasteiger partial charge in [0.1, 0.15) is 11.6 Å². The number of benzene rings is 2. The number of nitrogens with one attached hydrogen (secondary N) is 1. The number of Topliss-reactive ketones (excluding diaryl/α,β-unsaturated/α-hetero) is 1. The molecule has 13 heteroatoms. The molecular formula is C27H21FN6O4S2. The fraction of sp³-hybridized carbons (Fsp3) is 0.185. The van der Waals surface area contributed by atoms with E-state index in [1.54, 1.807) is 23.1 Å². The first-order chi connectivity index (χ1) is 19.3. The molecule has 40 heavy (non-hydrogen) atoms. The van der Waals surface area contributed by atoms with Gasteiger partial charge in [0, 0.05) is 23.4 Å². The molecule has 2 aliphatic rings. The second-order valence-electron chi connectivity index (χ2n) is 8.94. The summed E-state index contributed by atoms with van der Waals surface area (Å²) in [4.78, 5) is 38.4. The minimum atomic E-state index is -1.10. The van der Waals surface area contributed by atoms with Gasteiger partial charge in [-0.25, -0.2) is 9.18 Å². The van der Waals surface area contributed by atoms with E-state index in [0.29, 0.717) is 51.3 Å². The highest BCUT2D eigenvalue weighted by Crippen LogP contribution is 2.47. The van der Waals surface area contributed by atoms with E-state index in [1.807, 2.05) is 0 Å². The maximum Gasteiger partial charge on any atom is 0.335 e. The molecule has 2 aromatic carbocycles. The third-order valence-electron chi connectivity index (χ3n) is 6.42. The van der Waals surface area contributed by atoms with Crippen molar-refractivity contribution in [3.63, 3.8) is 0 Å². The Labute approximate surface area is 236 Å². The number of anilines is 2. The van der Waals surface area contributed by atoms with Crippen molar-refractivity contribution in [3.8, 4) is 6.07 Å². The Balaban J connectivity index is 1.39. The molecule has 0 saturated carbocycles. The number of hydrogen-bond donors (Lipinski definition) is 3. The number of carboxylic acid groups (broad SMARTS) is 1. The van der Waals surface area contributed by atoms with Crippen LogP contribution in [0.5, 0.6) is 0 Å². The van der Waals surface area contributed by atoms with Crippen molar-refractivity contribution in [3.05, 3.63) is 88.1 Å². The molecule has 202 valence electrons. The molecule has 2 heterocycles. The van der Waals surface area contributed by atoms with Crippen molar-refractivity contribution in [2.75, 3.05) is 16.0 Å². The topological polar surface area (TPSA) is 162 Å². The number of thioether (sulfide) groups is 1. The van der Waals surface area contributed by atoms with E-state index < -0.39 is 17.7 Å². The van der Waals surface area contributed by atoms with Crippen LogP contribution < -0.4 is 16.0 Å². The molecule has 0 bridgehead atoms. The normalized spacial score (nSPS) is 16.9. The van der Waals surface area contributed by atoms with Crippen LogP contribution in [0.25, 0.3) is 0 Å². The highest BCUT2D eigenvalue weighted by molar-refractivity contribution is 8.01. The standard InChI is InChI=1S/C27H21FN6O4S2/c28-16-9-7-14(8-10-16)22-18(12-29)24(30)34(19-5-2-6-20(35)23(19)22)26-32-33-27(40-26)39-13-21(36)31-17-4-1-3-15(11-17)25(37)38/h1,3-4,7-11,22H,2,5-6,13,30H2,(H,31,36)(H,37,38). The number of rotatable bonds is 7. The maximum absolute atomic E-state index is 13.6. The lowest BCUT2D eigenvalue weighted by Crippen LogP contribution is -2.38. The summed E-state index contributed by atoms with van der Waals surface area (Å²) in [7, 11) is 0. The second-order valence-corrected chi connectivity index (χ2v) is 11.1. The Bertz CT molecular complexity index is 1630. The molecule has 5 rings (SSSR count). The quantitative estimate of drug-likeness (QED) is 0.343. The minimum Gasteiger partial charge on any atom is -0.478 e. The number of carboxylic acids is 1. The number of carbonyl (C=O) groups excluding carboxylic acids is 2. The number of nitrogens with zero attached hydrogens (tertiary/aromatic N) is 4. The molecule has 1 aliphatic carbocycles. The molecule has 1 aliphatic heterocycles. The van der Waals surface area contributed by atoms with Crippen LogP contribution in [-0.4, -0.2) is 38.7 Å². The van der Waals surface area contributed by atoms with Crippen LogP contribution in [0.4, 0.5) is 15.2 Å². The molecule has 1 unspecified atom stereocenters. The van der Waals surface area contributed by atoms with Crippen molar-refractivity contribution >= 4 is 51.6 Å². The first kappa shape index (κ1) is 27.0. The van der Waals surface area contributed by atoms with Gasteiger partial charge in [0.25, 0.3) is 0 Å². The van der Waals surface area contributed by atoms with Crippen LogP contribution in [-0.2, 0) is 9.59 Å². The van der Waals surface area contributed by atoms with Crippen LogP contribution in [0.1, 0.15) is 41.1 Å². The second kappa shape index (κ2) is 11.3. The highest BCUT2D eigenvalue weighted by Gasteiger charge is 2.41. The van der Waals surface area contributed by atoms with Gasteiger partial charge in [0.2, 0.25) is 11.0 Å². The van der Waals surface area contributed by atoms with E-state index in [1.165, 1.54) is 30.3 Å². The first-order valence-corrected chi connectivity index (χ1v) is 13.9. The summed E-state index contributed by atoms with van der Waals surface area (Å²) < 4.78 is 14.1. The third kappa shape index (κ3) is 5.31. The molecular weight excluding hydrogens is 555 g/mol. The summed E-state index contributed by atoms with van der Waals surface area (Å²) in [5.74, 6) is -2.60. The predicted molar refractivity (Wildman–Crippen MR) is 147 cm³/mol. The van der Waals surface area contributed by atoms with Crippen LogP contribution in [0.15, 0.2) is 75.5 Å². The minimum absolute atomic E-state index is 0.0141. The zero-order valence-corrected chi connectivity index (χ0v) is 22.4. The van der Waals surface area contributed by atoms with Crippen molar-refractivity contribution in [2.45, 2.75) is 29.5 Å². The SMILES string of the molecule is N#CC1=C(N)N(c2nnc(SCC(=O)Nc3cccc(C(=O)O)c3)s2)C2=C(C(=O)CCC2)C1c1ccc(F)cc1. The monoisotopic (exact) mass is 576 g/mol. The number of carbonyl (C=O) groups is 3. The highest BCUT2D eigenvalue weighted by atomic mass is 32.2. The van der Waals surface area contributed by atoms with Crippen molar-refractivity contribution in [1.29, 1.82) is 5.26 Å². The van der Waals surface area contributed by atoms with Gasteiger partial charge in [-0.2, -0.15) is 5.26 Å². The number of nitriles is 1. The fourth-order valence-electron chi connectivity index (χ4n) is 4.70. The van der Waals surface area contributed by atoms with E-state index in [4.69, 9.17) is 10.8 Å². The summed E-state index contributed by atoms with van der Waals surface area (Å²) in [6.07, 6.45) is 1.45. The smallest absolute Gasteiger partial charge is 0.335 e. The van der Waals surface area contributed by atoms with Gasteiger partial charge in [0.15, 0.2) is 10.1 Å². The lowest BCUT2D eigenvalue weighted by Gasteiger charge is -2.38. The van der Waals surface area contributed by atoms with Crippen molar-refractivity contribution in [1.82, 2.24) is 10.2 Å². The Morgan fingerprint density at radius 3 is 2.73 bits per heavy atom. The molecule has 0 spiro atoms. The van der Waals surface area contributed by atoms with Crippen LogP contribution in [0.3, 0.4) is 0 Å². The Kier molecular flexibility index (Phi) is 7.63. The molecule has 0 fully saturated rings. The van der Waals surface area contributed by atoms with Crippen molar-refractivity contribution in [2.24, 2.45) is 5.73 Å². The third-order valence-corrected chi connectivity index (χ3v) is 8.47. The molecule has 1 amide bonds. The Morgan fingerprint density at radius 1 is 1.23 bits per heavy atom. The number of hydrogen-bond acceptors (Lipinski definition) is 10. The average molecular weight is 577 g/mol. The largest absolute Gasteiger partial charge is 0.478 e. The average Bonchev–Trinajstić information content (AvgIpc) is 3.40. The summed E-state index contributed by atoms with van der Waals surface area (Å²) >= 11 is 2.29. The summed E-state index contributed by atoms with van der Waals surface area (Å²) in [6, 6.07) is 13.7. The van der Waals surface area contributed by atoms with E-state index in [0.717, 1.165) is 23.1 Å².